The summed E-state index contributed by atoms with van der Waals surface area (Å²) < 4.78 is 33.5. The predicted octanol–water partition coefficient (Wildman–Crippen LogP) is 6.30. The summed E-state index contributed by atoms with van der Waals surface area (Å²) in [7, 11) is 3.34. The van der Waals surface area contributed by atoms with Gasteiger partial charge in [0.2, 0.25) is 0 Å². The summed E-state index contributed by atoms with van der Waals surface area (Å²) >= 11 is 0. The number of carbonyl (C=O) groups excluding carboxylic acids is 1. The number of unbranched alkanes of at least 4 members (excludes halogenated alkanes) is 11. The van der Waals surface area contributed by atoms with Gasteiger partial charge in [0.15, 0.2) is 0 Å². The summed E-state index contributed by atoms with van der Waals surface area (Å²) in [5.41, 5.74) is 0. The van der Waals surface area contributed by atoms with Crippen LogP contribution in [0.15, 0.2) is 0 Å². The second-order valence-electron chi connectivity index (χ2n) is 10.8. The highest BCUT2D eigenvalue weighted by Gasteiger charge is 2.24. The highest BCUT2D eigenvalue weighted by molar-refractivity contribution is 7.47. The lowest BCUT2D eigenvalue weighted by molar-refractivity contribution is -0.870. The summed E-state index contributed by atoms with van der Waals surface area (Å²) in [6.45, 7) is 3.77. The largest absolute Gasteiger partial charge is 0.472 e. The lowest BCUT2D eigenvalue weighted by Crippen LogP contribution is -2.37. The van der Waals surface area contributed by atoms with Gasteiger partial charge in [-0.05, 0) is 19.3 Å². The monoisotopic (exact) mass is 538 g/mol. The molecule has 0 saturated heterocycles. The molecule has 216 valence electrons. The van der Waals surface area contributed by atoms with E-state index in [2.05, 4.69) is 6.92 Å². The molecule has 36 heavy (non-hydrogen) atoms. The third-order valence-electron chi connectivity index (χ3n) is 6.13. The first-order valence-corrected chi connectivity index (χ1v) is 15.6. The average Bonchev–Trinajstić information content (AvgIpc) is 2.80. The Bertz CT molecular complexity index is 569. The molecule has 0 aromatic rings. The van der Waals surface area contributed by atoms with Crippen molar-refractivity contribution in [1.82, 2.24) is 0 Å². The average molecular weight is 539 g/mol. The maximum Gasteiger partial charge on any atom is 0.472 e. The van der Waals surface area contributed by atoms with E-state index in [0.29, 0.717) is 29.8 Å². The highest BCUT2D eigenvalue weighted by Crippen LogP contribution is 2.43. The molecule has 1 N–H and O–H groups in total. The third kappa shape index (κ3) is 25.3. The molecule has 0 aliphatic carbocycles. The molecule has 0 heterocycles. The van der Waals surface area contributed by atoms with Gasteiger partial charge in [-0.25, -0.2) is 4.57 Å². The number of quaternary nitrogens is 1. The summed E-state index contributed by atoms with van der Waals surface area (Å²) in [6.07, 6.45) is 16.4. The van der Waals surface area contributed by atoms with Gasteiger partial charge >= 0.3 is 7.82 Å². The minimum absolute atomic E-state index is 0.0737. The Morgan fingerprint density at radius 3 is 1.83 bits per heavy atom. The Morgan fingerprint density at radius 2 is 1.31 bits per heavy atom. The molecule has 9 heteroatoms. The fraction of sp³-hybridized carbons (Fsp3) is 0.963. The lowest BCUT2D eigenvalue weighted by atomic mass is 10.0. The van der Waals surface area contributed by atoms with Crippen LogP contribution in [0.5, 0.6) is 0 Å². The molecule has 0 spiro atoms. The van der Waals surface area contributed by atoms with Crippen molar-refractivity contribution in [2.45, 2.75) is 109 Å². The van der Waals surface area contributed by atoms with Gasteiger partial charge in [0.05, 0.1) is 34.4 Å². The second-order valence-corrected chi connectivity index (χ2v) is 12.3. The summed E-state index contributed by atoms with van der Waals surface area (Å²) in [6, 6.07) is 0. The van der Waals surface area contributed by atoms with Crippen LogP contribution in [-0.4, -0.2) is 82.5 Å². The highest BCUT2D eigenvalue weighted by atomic mass is 31.2. The number of Topliss-reactive ketones (excluding diaryl/α,β-unsaturated/α-hetero) is 1. The van der Waals surface area contributed by atoms with Crippen molar-refractivity contribution in [3.63, 3.8) is 0 Å². The third-order valence-corrected chi connectivity index (χ3v) is 7.11. The number of rotatable bonds is 27. The van der Waals surface area contributed by atoms with E-state index < -0.39 is 13.9 Å². The lowest BCUT2D eigenvalue weighted by Gasteiger charge is -2.24. The zero-order valence-corrected chi connectivity index (χ0v) is 24.9. The van der Waals surface area contributed by atoms with Crippen molar-refractivity contribution in [3.05, 3.63) is 0 Å². The van der Waals surface area contributed by atoms with E-state index in [4.69, 9.17) is 18.5 Å². The number of ketones is 1. The van der Waals surface area contributed by atoms with Crippen LogP contribution < -0.4 is 0 Å². The van der Waals surface area contributed by atoms with Crippen LogP contribution >= 0.6 is 7.82 Å². The van der Waals surface area contributed by atoms with Gasteiger partial charge in [-0.2, -0.15) is 0 Å². The fourth-order valence-electron chi connectivity index (χ4n) is 3.68. The SMILES string of the molecule is CCCCCCCCCCCC(=O)CCCCCCOC[C@@H](COP(=O)(O)OCC[N+](C)(C)C)OC. The summed E-state index contributed by atoms with van der Waals surface area (Å²) in [5, 5.41) is 0. The van der Waals surface area contributed by atoms with E-state index in [1.54, 1.807) is 0 Å². The Labute approximate surface area is 221 Å². The summed E-state index contributed by atoms with van der Waals surface area (Å²) in [5.74, 6) is 0.403. The molecule has 0 saturated carbocycles. The van der Waals surface area contributed by atoms with Crippen molar-refractivity contribution in [1.29, 1.82) is 0 Å². The number of ether oxygens (including phenoxy) is 2. The number of methoxy groups -OCH3 is 1. The van der Waals surface area contributed by atoms with E-state index in [0.717, 1.165) is 38.5 Å². The Hall–Kier alpha value is -0.340. The number of phosphoric acid groups is 1. The molecule has 8 nitrogen and oxygen atoms in total. The minimum atomic E-state index is -4.10. The molecule has 0 aliphatic heterocycles. The van der Waals surface area contributed by atoms with Crippen LogP contribution in [0.1, 0.15) is 103 Å². The molecule has 0 bridgehead atoms. The molecule has 0 aromatic heterocycles. The van der Waals surface area contributed by atoms with Gasteiger partial charge in [0.25, 0.3) is 0 Å². The molecule has 1 unspecified atom stereocenters. The smallest absolute Gasteiger partial charge is 0.379 e. The molecule has 2 atom stereocenters. The standard InChI is InChI=1S/C27H56NO7P/c1-6-7-8-9-10-11-12-13-16-19-26(29)20-17-14-15-18-22-33-24-27(32-5)25-35-36(30,31)34-23-21-28(2,3)4/h27H,6-25H2,1-5H3/p+1/t27-/m0/s1. The van der Waals surface area contributed by atoms with Crippen molar-refractivity contribution in [2.75, 3.05) is 61.2 Å². The molecular weight excluding hydrogens is 481 g/mol. The fourth-order valence-corrected chi connectivity index (χ4v) is 4.42. The van der Waals surface area contributed by atoms with E-state index >= 15 is 0 Å². The van der Waals surface area contributed by atoms with E-state index in [1.165, 1.54) is 58.5 Å². The number of nitrogens with zero attached hydrogens (tertiary/aromatic N) is 1. The Morgan fingerprint density at radius 1 is 0.778 bits per heavy atom. The van der Waals surface area contributed by atoms with Crippen molar-refractivity contribution < 1.29 is 37.3 Å². The van der Waals surface area contributed by atoms with Gasteiger partial charge in [0.1, 0.15) is 25.0 Å². The molecule has 0 aliphatic rings. The van der Waals surface area contributed by atoms with Crippen molar-refractivity contribution >= 4 is 13.6 Å². The zero-order valence-electron chi connectivity index (χ0n) is 24.0. The Balaban J connectivity index is 3.61. The first kappa shape index (κ1) is 35.7. The number of likely N-dealkylation sites (N-methyl/N-ethyl adjacent to an activating group) is 1. The second kappa shape index (κ2) is 22.6. The van der Waals surface area contributed by atoms with Gasteiger partial charge in [-0.15, -0.1) is 0 Å². The molecule has 0 fully saturated rings. The first-order valence-electron chi connectivity index (χ1n) is 14.1. The van der Waals surface area contributed by atoms with Crippen LogP contribution in [0, 0.1) is 0 Å². The van der Waals surface area contributed by atoms with Crippen LogP contribution in [0.2, 0.25) is 0 Å². The number of carbonyl (C=O) groups is 1. The predicted molar refractivity (Wildman–Crippen MR) is 146 cm³/mol. The number of hydrogen-bond acceptors (Lipinski definition) is 6. The topological polar surface area (TPSA) is 91.3 Å². The van der Waals surface area contributed by atoms with E-state index in [1.807, 2.05) is 21.1 Å². The maximum atomic E-state index is 12.0. The molecule has 0 aromatic carbocycles. The normalized spacial score (nSPS) is 14.6. The molecule has 0 amide bonds. The summed E-state index contributed by atoms with van der Waals surface area (Å²) in [4.78, 5) is 21.8. The van der Waals surface area contributed by atoms with E-state index in [9.17, 15) is 14.3 Å². The maximum absolute atomic E-state index is 12.0. The zero-order chi connectivity index (χ0) is 27.1. The molecule has 0 rings (SSSR count). The number of phosphoric ester groups is 1. The van der Waals surface area contributed by atoms with Crippen molar-refractivity contribution in [3.8, 4) is 0 Å². The van der Waals surface area contributed by atoms with Crippen LogP contribution in [0.4, 0.5) is 0 Å². The Kier molecular flexibility index (Phi) is 22.4. The van der Waals surface area contributed by atoms with E-state index in [-0.39, 0.29) is 19.8 Å². The number of hydrogen-bond donors (Lipinski definition) is 1. The molecule has 0 radical (unpaired) electrons. The van der Waals surface area contributed by atoms with Crippen LogP contribution in [0.3, 0.4) is 0 Å². The van der Waals surface area contributed by atoms with Gasteiger partial charge in [-0.3, -0.25) is 13.8 Å². The van der Waals surface area contributed by atoms with Crippen molar-refractivity contribution in [2.24, 2.45) is 0 Å². The van der Waals surface area contributed by atoms with Gasteiger partial charge in [0, 0.05) is 26.6 Å². The quantitative estimate of drug-likeness (QED) is 0.0746. The molecular formula is C27H57NO7P+. The first-order chi connectivity index (χ1) is 17.1. The van der Waals surface area contributed by atoms with Gasteiger partial charge in [-0.1, -0.05) is 71.1 Å². The van der Waals surface area contributed by atoms with Crippen LogP contribution in [-0.2, 0) is 27.9 Å². The van der Waals surface area contributed by atoms with Gasteiger partial charge < -0.3 is 18.9 Å². The minimum Gasteiger partial charge on any atom is -0.379 e. The van der Waals surface area contributed by atoms with Crippen LogP contribution in [0.25, 0.3) is 0 Å².